The number of methoxy groups -OCH3 is 2. The molecule has 0 aliphatic heterocycles. The third kappa shape index (κ3) is 4.09. The maximum Gasteiger partial charge on any atom is 0.325 e. The van der Waals surface area contributed by atoms with Crippen molar-refractivity contribution >= 4 is 5.97 Å². The number of carboxylic acid groups (broad SMARTS) is 1. The molecule has 0 aliphatic rings. The summed E-state index contributed by atoms with van der Waals surface area (Å²) in [6.45, 7) is 0.683. The third-order valence-corrected chi connectivity index (χ3v) is 3.56. The number of aliphatic carboxylic acids is 1. The van der Waals surface area contributed by atoms with Gasteiger partial charge in [0.15, 0.2) is 0 Å². The predicted molar refractivity (Wildman–Crippen MR) is 84.1 cm³/mol. The molecule has 7 nitrogen and oxygen atoms in total. The van der Waals surface area contributed by atoms with E-state index in [1.807, 2.05) is 0 Å². The van der Waals surface area contributed by atoms with Crippen molar-refractivity contribution < 1.29 is 23.8 Å². The lowest BCUT2D eigenvalue weighted by Gasteiger charge is -2.25. The number of hydrogen-bond acceptors (Lipinski definition) is 5. The van der Waals surface area contributed by atoms with Crippen LogP contribution in [0.25, 0.3) is 0 Å². The highest BCUT2D eigenvalue weighted by Crippen LogP contribution is 2.30. The summed E-state index contributed by atoms with van der Waals surface area (Å²) in [5.41, 5.74) is 1.85. The quantitative estimate of drug-likeness (QED) is 0.766. The van der Waals surface area contributed by atoms with Gasteiger partial charge in [-0.25, -0.2) is 4.39 Å². The maximum atomic E-state index is 13.4. The van der Waals surface area contributed by atoms with Crippen LogP contribution in [-0.2, 0) is 22.7 Å². The topological polar surface area (TPSA) is 87.7 Å². The molecule has 0 fully saturated rings. The Labute approximate surface area is 139 Å². The first-order chi connectivity index (χ1) is 11.5. The van der Waals surface area contributed by atoms with Crippen LogP contribution in [0.3, 0.4) is 0 Å². The number of ether oxygens (including phenoxy) is 2. The summed E-state index contributed by atoms with van der Waals surface area (Å²) in [6, 6.07) is 4.62. The lowest BCUT2D eigenvalue weighted by molar-refractivity contribution is -0.143. The summed E-state index contributed by atoms with van der Waals surface area (Å²) >= 11 is 0. The standard InChI is InChI=1S/C16H20FN3O4/c1-20(8-11-7-12(9-23-2)19-18-11)15(16(21)22)13-5-4-10(17)6-14(13)24-3/h4-7,15H,8-9H2,1-3H3,(H,18,19)(H,21,22). The van der Waals surface area contributed by atoms with Gasteiger partial charge >= 0.3 is 5.97 Å². The number of benzene rings is 1. The van der Waals surface area contributed by atoms with E-state index in [0.29, 0.717) is 17.9 Å². The number of carboxylic acids is 1. The molecule has 0 saturated heterocycles. The fourth-order valence-electron chi connectivity index (χ4n) is 2.54. The molecule has 0 aliphatic carbocycles. The number of nitrogens with zero attached hydrogens (tertiary/aromatic N) is 2. The fraction of sp³-hybridized carbons (Fsp3) is 0.375. The van der Waals surface area contributed by atoms with Gasteiger partial charge in [0, 0.05) is 25.3 Å². The van der Waals surface area contributed by atoms with Crippen LogP contribution >= 0.6 is 0 Å². The van der Waals surface area contributed by atoms with Gasteiger partial charge in [-0.1, -0.05) is 6.07 Å². The van der Waals surface area contributed by atoms with E-state index in [0.717, 1.165) is 5.69 Å². The van der Waals surface area contributed by atoms with Crippen LogP contribution < -0.4 is 4.74 Å². The summed E-state index contributed by atoms with van der Waals surface area (Å²) < 4.78 is 23.5. The normalized spacial score (nSPS) is 12.4. The SMILES string of the molecule is COCc1cc(CN(C)C(C(=O)O)c2ccc(F)cc2OC)n[nH]1. The Morgan fingerprint density at radius 2 is 2.17 bits per heavy atom. The van der Waals surface area contributed by atoms with Gasteiger partial charge < -0.3 is 14.6 Å². The van der Waals surface area contributed by atoms with Crippen molar-refractivity contribution in [2.24, 2.45) is 0 Å². The molecular weight excluding hydrogens is 317 g/mol. The van der Waals surface area contributed by atoms with Gasteiger partial charge in [0.25, 0.3) is 0 Å². The molecule has 0 bridgehead atoms. The Morgan fingerprint density at radius 1 is 1.42 bits per heavy atom. The number of halogens is 1. The number of H-pyrrole nitrogens is 1. The number of carbonyl (C=O) groups is 1. The van der Waals surface area contributed by atoms with E-state index in [1.54, 1.807) is 25.1 Å². The van der Waals surface area contributed by atoms with Crippen LogP contribution in [0.5, 0.6) is 5.75 Å². The van der Waals surface area contributed by atoms with Gasteiger partial charge in [0.2, 0.25) is 0 Å². The van der Waals surface area contributed by atoms with Crippen LogP contribution in [0.15, 0.2) is 24.3 Å². The molecule has 1 aromatic carbocycles. The molecule has 1 aromatic heterocycles. The average Bonchev–Trinajstić information content (AvgIpc) is 2.96. The minimum atomic E-state index is -1.06. The largest absolute Gasteiger partial charge is 0.496 e. The van der Waals surface area contributed by atoms with E-state index in [-0.39, 0.29) is 12.3 Å². The molecule has 1 atom stereocenters. The Morgan fingerprint density at radius 3 is 2.79 bits per heavy atom. The Kier molecular flexibility index (Phi) is 5.88. The van der Waals surface area contributed by atoms with E-state index in [2.05, 4.69) is 10.2 Å². The summed E-state index contributed by atoms with van der Waals surface area (Å²) in [6.07, 6.45) is 0. The van der Waals surface area contributed by atoms with Gasteiger partial charge in [0.05, 0.1) is 25.1 Å². The summed E-state index contributed by atoms with van der Waals surface area (Å²) in [7, 11) is 4.61. The lowest BCUT2D eigenvalue weighted by Crippen LogP contribution is -2.31. The van der Waals surface area contributed by atoms with E-state index in [1.165, 1.54) is 25.3 Å². The summed E-state index contributed by atoms with van der Waals surface area (Å²) in [4.78, 5) is 13.4. The number of hydrogen-bond donors (Lipinski definition) is 2. The molecule has 0 amide bonds. The van der Waals surface area contributed by atoms with Crippen LogP contribution in [0.2, 0.25) is 0 Å². The summed E-state index contributed by atoms with van der Waals surface area (Å²) in [5, 5.41) is 16.6. The molecule has 130 valence electrons. The van der Waals surface area contributed by atoms with Crippen LogP contribution in [0.4, 0.5) is 4.39 Å². The number of aromatic amines is 1. The second-order valence-electron chi connectivity index (χ2n) is 5.36. The molecule has 0 spiro atoms. The zero-order chi connectivity index (χ0) is 17.7. The number of aromatic nitrogens is 2. The molecule has 2 rings (SSSR count). The van der Waals surface area contributed by atoms with Crippen molar-refractivity contribution in [2.75, 3.05) is 21.3 Å². The molecular formula is C16H20FN3O4. The number of likely N-dealkylation sites (N-methyl/N-ethyl adjacent to an activating group) is 1. The molecule has 1 heterocycles. The fourth-order valence-corrected chi connectivity index (χ4v) is 2.54. The van der Waals surface area contributed by atoms with Crippen LogP contribution in [0.1, 0.15) is 23.0 Å². The second-order valence-corrected chi connectivity index (χ2v) is 5.36. The summed E-state index contributed by atoms with van der Waals surface area (Å²) in [5.74, 6) is -1.36. The van der Waals surface area contributed by atoms with Gasteiger partial charge in [-0.3, -0.25) is 14.8 Å². The van der Waals surface area contributed by atoms with Crippen molar-refractivity contribution in [3.05, 3.63) is 47.0 Å². The van der Waals surface area contributed by atoms with Gasteiger partial charge in [-0.05, 0) is 19.2 Å². The first-order valence-electron chi connectivity index (χ1n) is 7.24. The van der Waals surface area contributed by atoms with Crippen molar-refractivity contribution in [3.63, 3.8) is 0 Å². The zero-order valence-corrected chi connectivity index (χ0v) is 13.7. The highest BCUT2D eigenvalue weighted by molar-refractivity contribution is 5.76. The number of nitrogens with one attached hydrogen (secondary N) is 1. The molecule has 2 aromatic rings. The Balaban J connectivity index is 2.24. The van der Waals surface area contributed by atoms with E-state index >= 15 is 0 Å². The van der Waals surface area contributed by atoms with Crippen LogP contribution in [0, 0.1) is 5.82 Å². The molecule has 8 heteroatoms. The van der Waals surface area contributed by atoms with Crippen molar-refractivity contribution in [1.29, 1.82) is 0 Å². The minimum absolute atomic E-state index is 0.191. The minimum Gasteiger partial charge on any atom is -0.496 e. The van der Waals surface area contributed by atoms with Gasteiger partial charge in [-0.2, -0.15) is 5.10 Å². The van der Waals surface area contributed by atoms with Gasteiger partial charge in [-0.15, -0.1) is 0 Å². The smallest absolute Gasteiger partial charge is 0.325 e. The average molecular weight is 337 g/mol. The third-order valence-electron chi connectivity index (χ3n) is 3.56. The van der Waals surface area contributed by atoms with E-state index < -0.39 is 17.8 Å². The zero-order valence-electron chi connectivity index (χ0n) is 13.7. The van der Waals surface area contributed by atoms with E-state index in [9.17, 15) is 14.3 Å². The molecule has 0 saturated carbocycles. The second kappa shape index (κ2) is 7.89. The van der Waals surface area contributed by atoms with E-state index in [4.69, 9.17) is 9.47 Å². The highest BCUT2D eigenvalue weighted by atomic mass is 19.1. The first-order valence-corrected chi connectivity index (χ1v) is 7.24. The Hall–Kier alpha value is -2.45. The maximum absolute atomic E-state index is 13.4. The molecule has 0 radical (unpaired) electrons. The van der Waals surface area contributed by atoms with Crippen LogP contribution in [-0.4, -0.2) is 47.4 Å². The highest BCUT2D eigenvalue weighted by Gasteiger charge is 2.28. The monoisotopic (exact) mass is 337 g/mol. The predicted octanol–water partition coefficient (Wildman–Crippen LogP) is 1.96. The number of rotatable bonds is 8. The van der Waals surface area contributed by atoms with Crippen molar-refractivity contribution in [1.82, 2.24) is 15.1 Å². The van der Waals surface area contributed by atoms with Crippen molar-refractivity contribution in [2.45, 2.75) is 19.2 Å². The lowest BCUT2D eigenvalue weighted by atomic mass is 10.0. The molecule has 1 unspecified atom stereocenters. The molecule has 2 N–H and O–H groups in total. The molecule has 24 heavy (non-hydrogen) atoms. The first kappa shape index (κ1) is 17.9. The Bertz CT molecular complexity index is 704. The van der Waals surface area contributed by atoms with Gasteiger partial charge in [0.1, 0.15) is 17.6 Å². The van der Waals surface area contributed by atoms with Crippen molar-refractivity contribution in [3.8, 4) is 5.75 Å².